The van der Waals surface area contributed by atoms with E-state index in [-0.39, 0.29) is 5.82 Å². The van der Waals surface area contributed by atoms with Crippen molar-refractivity contribution in [1.82, 2.24) is 4.90 Å². The summed E-state index contributed by atoms with van der Waals surface area (Å²) in [5.41, 5.74) is 2.83. The van der Waals surface area contributed by atoms with E-state index in [9.17, 15) is 9.50 Å². The monoisotopic (exact) mass is 328 g/mol. The van der Waals surface area contributed by atoms with Gasteiger partial charge < -0.3 is 10.0 Å². The Balaban J connectivity index is 1.58. The first-order valence-electron chi connectivity index (χ1n) is 8.59. The zero-order chi connectivity index (χ0) is 16.9. The Labute approximate surface area is 143 Å². The van der Waals surface area contributed by atoms with Crippen LogP contribution in [0.3, 0.4) is 0 Å². The molecule has 3 rings (SSSR count). The van der Waals surface area contributed by atoms with Crippen molar-refractivity contribution < 1.29 is 9.50 Å². The van der Waals surface area contributed by atoms with Crippen molar-refractivity contribution in [2.45, 2.75) is 26.0 Å². The molecule has 2 aromatic carbocycles. The Morgan fingerprint density at radius 2 is 1.71 bits per heavy atom. The van der Waals surface area contributed by atoms with Gasteiger partial charge in [-0.2, -0.15) is 0 Å². The minimum absolute atomic E-state index is 0.190. The molecule has 0 spiro atoms. The molecule has 24 heavy (non-hydrogen) atoms. The quantitative estimate of drug-likeness (QED) is 0.914. The van der Waals surface area contributed by atoms with Gasteiger partial charge in [-0.1, -0.05) is 36.4 Å². The van der Waals surface area contributed by atoms with Crippen molar-refractivity contribution in [3.8, 4) is 0 Å². The molecule has 3 nitrogen and oxygen atoms in total. The van der Waals surface area contributed by atoms with E-state index in [0.29, 0.717) is 12.1 Å². The van der Waals surface area contributed by atoms with E-state index in [1.54, 1.807) is 13.0 Å². The zero-order valence-corrected chi connectivity index (χ0v) is 14.2. The molecular weight excluding hydrogens is 303 g/mol. The van der Waals surface area contributed by atoms with Crippen molar-refractivity contribution in [2.24, 2.45) is 0 Å². The predicted octanol–water partition coefficient (Wildman–Crippen LogP) is 3.07. The first kappa shape index (κ1) is 16.9. The minimum atomic E-state index is -0.447. The molecule has 1 N–H and O–H groups in total. The topological polar surface area (TPSA) is 26.7 Å². The van der Waals surface area contributed by atoms with Crippen LogP contribution in [-0.2, 0) is 13.0 Å². The molecule has 4 heteroatoms. The fourth-order valence-corrected chi connectivity index (χ4v) is 3.26. The first-order valence-corrected chi connectivity index (χ1v) is 8.59. The van der Waals surface area contributed by atoms with Crippen LogP contribution in [0.25, 0.3) is 0 Å². The number of benzene rings is 2. The van der Waals surface area contributed by atoms with Gasteiger partial charge in [0, 0.05) is 32.7 Å². The van der Waals surface area contributed by atoms with Gasteiger partial charge in [0.15, 0.2) is 0 Å². The van der Waals surface area contributed by atoms with Crippen LogP contribution in [0.15, 0.2) is 48.5 Å². The molecule has 0 amide bonds. The van der Waals surface area contributed by atoms with E-state index >= 15 is 0 Å². The molecule has 1 fully saturated rings. The summed E-state index contributed by atoms with van der Waals surface area (Å²) in [6.07, 6.45) is 0.0407. The Hall–Kier alpha value is -1.91. The lowest BCUT2D eigenvalue weighted by Gasteiger charge is -2.36. The second-order valence-corrected chi connectivity index (χ2v) is 6.59. The van der Waals surface area contributed by atoms with Gasteiger partial charge in [0.25, 0.3) is 0 Å². The molecule has 0 aromatic heterocycles. The number of hydrogen-bond acceptors (Lipinski definition) is 3. The van der Waals surface area contributed by atoms with E-state index < -0.39 is 6.10 Å². The van der Waals surface area contributed by atoms with Crippen LogP contribution in [0.1, 0.15) is 18.1 Å². The lowest BCUT2D eigenvalue weighted by molar-refractivity contribution is 0.195. The van der Waals surface area contributed by atoms with Crippen LogP contribution in [0, 0.1) is 5.82 Å². The van der Waals surface area contributed by atoms with E-state index in [1.165, 1.54) is 5.56 Å². The summed E-state index contributed by atoms with van der Waals surface area (Å²) in [4.78, 5) is 4.52. The van der Waals surface area contributed by atoms with Gasteiger partial charge >= 0.3 is 0 Å². The number of aliphatic hydroxyl groups excluding tert-OH is 1. The second-order valence-electron chi connectivity index (χ2n) is 6.59. The van der Waals surface area contributed by atoms with Crippen LogP contribution in [0.4, 0.5) is 10.1 Å². The first-order chi connectivity index (χ1) is 11.6. The van der Waals surface area contributed by atoms with Gasteiger partial charge in [-0.15, -0.1) is 0 Å². The van der Waals surface area contributed by atoms with E-state index in [4.69, 9.17) is 0 Å². The molecule has 0 radical (unpaired) electrons. The van der Waals surface area contributed by atoms with Crippen molar-refractivity contribution in [3.05, 3.63) is 65.5 Å². The third-order valence-corrected chi connectivity index (χ3v) is 4.51. The number of rotatable bonds is 5. The summed E-state index contributed by atoms with van der Waals surface area (Å²) in [6.45, 7) is 6.20. The molecule has 1 unspecified atom stereocenters. The summed E-state index contributed by atoms with van der Waals surface area (Å²) in [5, 5.41) is 9.43. The Bertz CT molecular complexity index is 652. The second kappa shape index (κ2) is 7.77. The van der Waals surface area contributed by atoms with Gasteiger partial charge in [0.2, 0.25) is 0 Å². The predicted molar refractivity (Wildman–Crippen MR) is 95.7 cm³/mol. The van der Waals surface area contributed by atoms with Crippen LogP contribution < -0.4 is 4.90 Å². The summed E-state index contributed by atoms with van der Waals surface area (Å²) >= 11 is 0. The van der Waals surface area contributed by atoms with Crippen LogP contribution >= 0.6 is 0 Å². The largest absolute Gasteiger partial charge is 0.393 e. The van der Waals surface area contributed by atoms with Crippen molar-refractivity contribution >= 4 is 5.69 Å². The van der Waals surface area contributed by atoms with Gasteiger partial charge in [0.1, 0.15) is 5.82 Å². The average Bonchev–Trinajstić information content (AvgIpc) is 2.56. The molecule has 0 saturated carbocycles. The van der Waals surface area contributed by atoms with Gasteiger partial charge in [-0.25, -0.2) is 4.39 Å². The summed E-state index contributed by atoms with van der Waals surface area (Å²) in [5.74, 6) is -0.190. The summed E-state index contributed by atoms with van der Waals surface area (Å²) in [7, 11) is 0. The van der Waals surface area contributed by atoms with Gasteiger partial charge in [-0.05, 0) is 36.6 Å². The highest BCUT2D eigenvalue weighted by atomic mass is 19.1. The number of hydrogen-bond donors (Lipinski definition) is 1. The SMILES string of the molecule is CC(O)Cc1ccc(N2CCN(Cc3ccccc3)CC2)c(F)c1. The molecule has 1 heterocycles. The van der Waals surface area contributed by atoms with E-state index in [2.05, 4.69) is 34.1 Å². The molecular formula is C20H25FN2O. The highest BCUT2D eigenvalue weighted by Crippen LogP contribution is 2.23. The maximum atomic E-state index is 14.4. The Kier molecular flexibility index (Phi) is 5.48. The number of anilines is 1. The smallest absolute Gasteiger partial charge is 0.146 e. The third kappa shape index (κ3) is 4.34. The Morgan fingerprint density at radius 1 is 1.00 bits per heavy atom. The number of piperazine rings is 1. The molecule has 0 aliphatic carbocycles. The standard InChI is InChI=1S/C20H25FN2O/c1-16(24)13-18-7-8-20(19(21)14-18)23-11-9-22(10-12-23)15-17-5-3-2-4-6-17/h2-8,14,16,24H,9-13,15H2,1H3. The molecule has 1 aliphatic rings. The molecule has 1 aliphatic heterocycles. The average molecular weight is 328 g/mol. The maximum absolute atomic E-state index is 14.4. The number of aliphatic hydroxyl groups is 1. The van der Waals surface area contributed by atoms with Crippen molar-refractivity contribution in [2.75, 3.05) is 31.1 Å². The number of halogens is 1. The number of nitrogens with zero attached hydrogens (tertiary/aromatic N) is 2. The molecule has 2 aromatic rings. The lowest BCUT2D eigenvalue weighted by atomic mass is 10.1. The van der Waals surface area contributed by atoms with Gasteiger partial charge in [0.05, 0.1) is 11.8 Å². The Morgan fingerprint density at radius 3 is 2.33 bits per heavy atom. The normalized spacial score (nSPS) is 17.0. The fourth-order valence-electron chi connectivity index (χ4n) is 3.26. The van der Waals surface area contributed by atoms with E-state index in [0.717, 1.165) is 38.3 Å². The van der Waals surface area contributed by atoms with Crippen LogP contribution in [0.5, 0.6) is 0 Å². The maximum Gasteiger partial charge on any atom is 0.146 e. The summed E-state index contributed by atoms with van der Waals surface area (Å²) in [6, 6.07) is 15.8. The zero-order valence-electron chi connectivity index (χ0n) is 14.2. The van der Waals surface area contributed by atoms with Gasteiger partial charge in [-0.3, -0.25) is 4.90 Å². The van der Waals surface area contributed by atoms with Crippen molar-refractivity contribution in [1.29, 1.82) is 0 Å². The van der Waals surface area contributed by atoms with Crippen LogP contribution in [0.2, 0.25) is 0 Å². The molecule has 128 valence electrons. The highest BCUT2D eigenvalue weighted by Gasteiger charge is 2.19. The highest BCUT2D eigenvalue weighted by molar-refractivity contribution is 5.49. The minimum Gasteiger partial charge on any atom is -0.393 e. The molecule has 0 bridgehead atoms. The third-order valence-electron chi connectivity index (χ3n) is 4.51. The fraction of sp³-hybridized carbons (Fsp3) is 0.400. The lowest BCUT2D eigenvalue weighted by Crippen LogP contribution is -2.46. The van der Waals surface area contributed by atoms with Crippen molar-refractivity contribution in [3.63, 3.8) is 0 Å². The van der Waals surface area contributed by atoms with E-state index in [1.807, 2.05) is 18.2 Å². The van der Waals surface area contributed by atoms with Crippen LogP contribution in [-0.4, -0.2) is 42.3 Å². The molecule has 1 atom stereocenters. The summed E-state index contributed by atoms with van der Waals surface area (Å²) < 4.78 is 14.4. The molecule has 1 saturated heterocycles.